The molecule has 13 heteroatoms. The molecule has 0 bridgehead atoms. The van der Waals surface area contributed by atoms with E-state index in [1.54, 1.807) is 41.9 Å². The lowest BCUT2D eigenvalue weighted by Crippen LogP contribution is -2.43. The van der Waals surface area contributed by atoms with Gasteiger partial charge in [0.2, 0.25) is 5.95 Å². The van der Waals surface area contributed by atoms with Crippen molar-refractivity contribution in [2.45, 2.75) is 42.8 Å². The Balaban J connectivity index is 1.50. The van der Waals surface area contributed by atoms with Gasteiger partial charge in [-0.05, 0) is 37.8 Å². The quantitative estimate of drug-likeness (QED) is 0.428. The van der Waals surface area contributed by atoms with Gasteiger partial charge in [-0.2, -0.15) is 0 Å². The maximum absolute atomic E-state index is 13.7. The van der Waals surface area contributed by atoms with Gasteiger partial charge in [0, 0.05) is 19.7 Å². The summed E-state index contributed by atoms with van der Waals surface area (Å²) in [5, 5.41) is 8.01. The summed E-state index contributed by atoms with van der Waals surface area (Å²) in [4.78, 5) is 9.81. The van der Waals surface area contributed by atoms with Crippen molar-refractivity contribution in [2.75, 3.05) is 38.8 Å². The molecule has 2 aromatic heterocycles. The van der Waals surface area contributed by atoms with Crippen LogP contribution in [0.5, 0.6) is 11.5 Å². The molecule has 0 saturated carbocycles. The third kappa shape index (κ3) is 5.10. The van der Waals surface area contributed by atoms with Gasteiger partial charge in [0.05, 0.1) is 31.9 Å². The van der Waals surface area contributed by atoms with Crippen LogP contribution in [-0.2, 0) is 20.3 Å². The van der Waals surface area contributed by atoms with Crippen molar-refractivity contribution < 1.29 is 27.0 Å². The zero-order valence-corrected chi connectivity index (χ0v) is 21.5. The number of methoxy groups -OCH3 is 2. The second-order valence-corrected chi connectivity index (χ2v) is 11.3. The molecular formula is C24H29FN6O5S. The molecule has 2 aliphatic heterocycles. The average Bonchev–Trinajstić information content (AvgIpc) is 3.58. The molecule has 2 atom stereocenters. The predicted molar refractivity (Wildman–Crippen MR) is 132 cm³/mol. The Morgan fingerprint density at radius 2 is 1.81 bits per heavy atom. The normalized spacial score (nSPS) is 20.2. The zero-order valence-electron chi connectivity index (χ0n) is 20.7. The molecule has 5 rings (SSSR count). The van der Waals surface area contributed by atoms with Crippen molar-refractivity contribution in [3.8, 4) is 17.2 Å². The van der Waals surface area contributed by atoms with Crippen molar-refractivity contribution in [1.82, 2.24) is 24.7 Å². The summed E-state index contributed by atoms with van der Waals surface area (Å²) in [6.07, 6.45) is 4.59. The molecule has 0 radical (unpaired) electrons. The smallest absolute Gasteiger partial charge is 0.225 e. The molecule has 0 amide bonds. The van der Waals surface area contributed by atoms with E-state index in [9.17, 15) is 12.8 Å². The first kappa shape index (κ1) is 25.3. The minimum absolute atomic E-state index is 0.207. The summed E-state index contributed by atoms with van der Waals surface area (Å²) >= 11 is 0. The van der Waals surface area contributed by atoms with Gasteiger partial charge in [-0.3, -0.25) is 4.57 Å². The van der Waals surface area contributed by atoms with Gasteiger partial charge in [-0.15, -0.1) is 10.2 Å². The lowest BCUT2D eigenvalue weighted by Gasteiger charge is -2.32. The molecule has 1 aromatic carbocycles. The molecular weight excluding hydrogens is 503 g/mol. The van der Waals surface area contributed by atoms with Crippen molar-refractivity contribution in [3.63, 3.8) is 0 Å². The average molecular weight is 533 g/mol. The SMILES string of the molecule is COc1cccc(OC)c1-n1c(CS(=O)(=O)[C@@H]2CCCN(c3ncc(F)cn3)C2)nnc1[C@H]1CCCO1. The maximum atomic E-state index is 13.7. The van der Waals surface area contributed by atoms with Crippen molar-refractivity contribution >= 4 is 15.8 Å². The Hall–Kier alpha value is -3.32. The number of rotatable bonds is 8. The summed E-state index contributed by atoms with van der Waals surface area (Å²) in [6, 6.07) is 5.34. The molecule has 2 fully saturated rings. The molecule has 2 aliphatic rings. The number of nitrogens with zero attached hydrogens (tertiary/aromatic N) is 6. The lowest BCUT2D eigenvalue weighted by molar-refractivity contribution is 0.103. The summed E-state index contributed by atoms with van der Waals surface area (Å²) in [5.41, 5.74) is 0.526. The monoisotopic (exact) mass is 532 g/mol. The number of para-hydroxylation sites is 1. The Kier molecular flexibility index (Phi) is 7.24. The van der Waals surface area contributed by atoms with E-state index in [4.69, 9.17) is 14.2 Å². The van der Waals surface area contributed by atoms with Gasteiger partial charge in [-0.25, -0.2) is 22.8 Å². The van der Waals surface area contributed by atoms with Crippen LogP contribution in [0, 0.1) is 5.82 Å². The fourth-order valence-corrected chi connectivity index (χ4v) is 6.60. The van der Waals surface area contributed by atoms with E-state index >= 15 is 0 Å². The fraction of sp³-hybridized carbons (Fsp3) is 0.500. The molecule has 3 aromatic rings. The number of aromatic nitrogens is 5. The Morgan fingerprint density at radius 3 is 2.46 bits per heavy atom. The number of benzene rings is 1. The number of halogens is 1. The molecule has 4 heterocycles. The van der Waals surface area contributed by atoms with E-state index in [2.05, 4.69) is 20.2 Å². The molecule has 198 valence electrons. The van der Waals surface area contributed by atoms with Crippen LogP contribution in [0.25, 0.3) is 5.69 Å². The number of hydrogen-bond donors (Lipinski definition) is 0. The first-order chi connectivity index (χ1) is 17.9. The highest BCUT2D eigenvalue weighted by molar-refractivity contribution is 7.91. The van der Waals surface area contributed by atoms with Gasteiger partial charge in [0.1, 0.15) is 29.0 Å². The minimum Gasteiger partial charge on any atom is -0.494 e. The topological polar surface area (TPSA) is 122 Å². The van der Waals surface area contributed by atoms with Crippen LogP contribution in [0.15, 0.2) is 30.6 Å². The fourth-order valence-electron chi connectivity index (χ4n) is 4.89. The van der Waals surface area contributed by atoms with Crippen LogP contribution < -0.4 is 14.4 Å². The second-order valence-electron chi connectivity index (χ2n) is 9.04. The standard InChI is InChI=1S/C24H29FN6O5S/c1-34-18-7-3-8-19(35-2)22(18)31-21(28-29-23(31)20-9-5-11-36-20)15-37(32,33)17-6-4-10-30(14-17)24-26-12-16(25)13-27-24/h3,7-8,12-13,17,20H,4-6,9-11,14-15H2,1-2H3/t17-,20-/m1/s1. The second kappa shape index (κ2) is 10.6. The molecule has 0 aliphatic carbocycles. The molecule has 2 saturated heterocycles. The lowest BCUT2D eigenvalue weighted by atomic mass is 10.1. The number of piperidine rings is 1. The van der Waals surface area contributed by atoms with Crippen molar-refractivity contribution in [2.24, 2.45) is 0 Å². The molecule has 37 heavy (non-hydrogen) atoms. The first-order valence-corrected chi connectivity index (χ1v) is 13.8. The van der Waals surface area contributed by atoms with Crippen LogP contribution in [0.3, 0.4) is 0 Å². The third-order valence-corrected chi connectivity index (χ3v) is 8.77. The molecule has 11 nitrogen and oxygen atoms in total. The molecule has 0 unspecified atom stereocenters. The highest BCUT2D eigenvalue weighted by Crippen LogP contribution is 2.38. The number of ether oxygens (including phenoxy) is 3. The summed E-state index contributed by atoms with van der Waals surface area (Å²) < 4.78 is 59.5. The highest BCUT2D eigenvalue weighted by atomic mass is 32.2. The van der Waals surface area contributed by atoms with Gasteiger partial charge < -0.3 is 19.1 Å². The van der Waals surface area contributed by atoms with E-state index in [1.807, 2.05) is 0 Å². The first-order valence-electron chi connectivity index (χ1n) is 12.1. The predicted octanol–water partition coefficient (Wildman–Crippen LogP) is 2.65. The van der Waals surface area contributed by atoms with Gasteiger partial charge in [0.25, 0.3) is 0 Å². The van der Waals surface area contributed by atoms with Crippen molar-refractivity contribution in [1.29, 1.82) is 0 Å². The van der Waals surface area contributed by atoms with Crippen LogP contribution in [0.4, 0.5) is 10.3 Å². The summed E-state index contributed by atoms with van der Waals surface area (Å²) in [7, 11) is -0.601. The zero-order chi connectivity index (χ0) is 26.0. The summed E-state index contributed by atoms with van der Waals surface area (Å²) in [5.74, 6) is 1.18. The van der Waals surface area contributed by atoms with Crippen LogP contribution in [0.2, 0.25) is 0 Å². The summed E-state index contributed by atoms with van der Waals surface area (Å²) in [6.45, 7) is 1.39. The Morgan fingerprint density at radius 1 is 1.08 bits per heavy atom. The van der Waals surface area contributed by atoms with Crippen molar-refractivity contribution in [3.05, 3.63) is 48.1 Å². The van der Waals surface area contributed by atoms with E-state index in [0.717, 1.165) is 25.2 Å². The van der Waals surface area contributed by atoms with Gasteiger partial charge >= 0.3 is 0 Å². The number of hydrogen-bond acceptors (Lipinski definition) is 10. The van der Waals surface area contributed by atoms with Crippen LogP contribution in [-0.4, -0.2) is 72.3 Å². The van der Waals surface area contributed by atoms with Gasteiger partial charge in [0.15, 0.2) is 27.3 Å². The van der Waals surface area contributed by atoms with E-state index in [1.165, 1.54) is 0 Å². The van der Waals surface area contributed by atoms with Crippen LogP contribution in [0.1, 0.15) is 43.4 Å². The molecule has 0 N–H and O–H groups in total. The molecule has 0 spiro atoms. The number of sulfone groups is 1. The Bertz CT molecular complexity index is 1320. The third-order valence-electron chi connectivity index (χ3n) is 6.70. The van der Waals surface area contributed by atoms with E-state index in [0.29, 0.717) is 55.0 Å². The maximum Gasteiger partial charge on any atom is 0.225 e. The largest absolute Gasteiger partial charge is 0.494 e. The Labute approximate surface area is 214 Å². The number of anilines is 1. The highest BCUT2D eigenvalue weighted by Gasteiger charge is 2.35. The van der Waals surface area contributed by atoms with E-state index < -0.39 is 20.9 Å². The van der Waals surface area contributed by atoms with E-state index in [-0.39, 0.29) is 24.2 Å². The van der Waals surface area contributed by atoms with Gasteiger partial charge in [-0.1, -0.05) is 6.07 Å². The minimum atomic E-state index is -3.68. The van der Waals surface area contributed by atoms with Crippen LogP contribution >= 0.6 is 0 Å².